The van der Waals surface area contributed by atoms with Crippen molar-refractivity contribution in [1.29, 1.82) is 0 Å². The van der Waals surface area contributed by atoms with Crippen LogP contribution in [0.5, 0.6) is 0 Å². The molecule has 4 nitrogen and oxygen atoms in total. The van der Waals surface area contributed by atoms with Crippen LogP contribution in [0.1, 0.15) is 44.6 Å². The van der Waals surface area contributed by atoms with E-state index < -0.39 is 0 Å². The maximum absolute atomic E-state index is 10.7. The van der Waals surface area contributed by atoms with Crippen molar-refractivity contribution in [2.45, 2.75) is 45.6 Å². The molecule has 4 heteroatoms. The second-order valence-corrected chi connectivity index (χ2v) is 6.02. The summed E-state index contributed by atoms with van der Waals surface area (Å²) in [5.74, 6) is 1.77. The molecule has 1 N–H and O–H groups in total. The van der Waals surface area contributed by atoms with Crippen LogP contribution in [0.3, 0.4) is 0 Å². The number of nitrogens with zero attached hydrogens (tertiary/aromatic N) is 1. The van der Waals surface area contributed by atoms with Gasteiger partial charge in [-0.2, -0.15) is 0 Å². The van der Waals surface area contributed by atoms with Crippen LogP contribution in [0.4, 0.5) is 5.69 Å². The second-order valence-electron chi connectivity index (χ2n) is 6.02. The van der Waals surface area contributed by atoms with Gasteiger partial charge in [0, 0.05) is 18.7 Å². The Hall–Kier alpha value is -1.42. The number of hydrogen-bond donors (Lipinski definition) is 1. The second kappa shape index (κ2) is 7.39. The summed E-state index contributed by atoms with van der Waals surface area (Å²) in [6.07, 6.45) is 6.69. The molecule has 1 aliphatic carbocycles. The van der Waals surface area contributed by atoms with Gasteiger partial charge in [-0.15, -0.1) is 0 Å². The fourth-order valence-electron chi connectivity index (χ4n) is 2.94. The molecule has 0 aliphatic heterocycles. The molecule has 20 heavy (non-hydrogen) atoms. The standard InChI is InChI=1S/C16H24N2O2/c1-13-5-7-14(8-6-13)9-10-17-12-15-3-2-4-16(11-15)18(19)20/h2-4,11,13-14,17H,5-10,12H2,1H3. The summed E-state index contributed by atoms with van der Waals surface area (Å²) in [4.78, 5) is 10.4. The third-order valence-electron chi connectivity index (χ3n) is 4.32. The van der Waals surface area contributed by atoms with Crippen molar-refractivity contribution >= 4 is 5.69 Å². The normalized spacial score (nSPS) is 22.6. The number of nitrogens with one attached hydrogen (secondary N) is 1. The Labute approximate surface area is 120 Å². The molecule has 2 rings (SSSR count). The third-order valence-corrected chi connectivity index (χ3v) is 4.32. The van der Waals surface area contributed by atoms with Crippen LogP contribution in [-0.2, 0) is 6.54 Å². The summed E-state index contributed by atoms with van der Waals surface area (Å²) in [6.45, 7) is 4.06. The molecule has 0 amide bonds. The smallest absolute Gasteiger partial charge is 0.269 e. The van der Waals surface area contributed by atoms with Crippen LogP contribution in [-0.4, -0.2) is 11.5 Å². The number of rotatable bonds is 6. The van der Waals surface area contributed by atoms with Crippen molar-refractivity contribution in [2.75, 3.05) is 6.54 Å². The molecular formula is C16H24N2O2. The zero-order valence-corrected chi connectivity index (χ0v) is 12.2. The molecule has 1 saturated carbocycles. The van der Waals surface area contributed by atoms with Crippen LogP contribution >= 0.6 is 0 Å². The van der Waals surface area contributed by atoms with Crippen LogP contribution < -0.4 is 5.32 Å². The first kappa shape index (κ1) is 15.0. The first-order valence-corrected chi connectivity index (χ1v) is 7.59. The topological polar surface area (TPSA) is 55.2 Å². The van der Waals surface area contributed by atoms with E-state index in [1.807, 2.05) is 6.07 Å². The molecule has 1 aromatic carbocycles. The Balaban J connectivity index is 1.68. The highest BCUT2D eigenvalue weighted by Gasteiger charge is 2.17. The monoisotopic (exact) mass is 276 g/mol. The minimum atomic E-state index is -0.341. The first-order valence-electron chi connectivity index (χ1n) is 7.59. The Bertz CT molecular complexity index is 440. The third kappa shape index (κ3) is 4.60. The van der Waals surface area contributed by atoms with Gasteiger partial charge >= 0.3 is 0 Å². The van der Waals surface area contributed by atoms with Gasteiger partial charge in [-0.25, -0.2) is 0 Å². The number of benzene rings is 1. The van der Waals surface area contributed by atoms with E-state index in [1.165, 1.54) is 38.2 Å². The van der Waals surface area contributed by atoms with Crippen molar-refractivity contribution < 1.29 is 4.92 Å². The fraction of sp³-hybridized carbons (Fsp3) is 0.625. The van der Waals surface area contributed by atoms with E-state index in [0.29, 0.717) is 6.54 Å². The summed E-state index contributed by atoms with van der Waals surface area (Å²) in [6, 6.07) is 6.86. The number of hydrogen-bond acceptors (Lipinski definition) is 3. The summed E-state index contributed by atoms with van der Waals surface area (Å²) in [5.41, 5.74) is 1.15. The van der Waals surface area contributed by atoms with E-state index in [9.17, 15) is 10.1 Å². The minimum absolute atomic E-state index is 0.172. The van der Waals surface area contributed by atoms with Crippen LogP contribution in [0.2, 0.25) is 0 Å². The summed E-state index contributed by atoms with van der Waals surface area (Å²) >= 11 is 0. The SMILES string of the molecule is CC1CCC(CCNCc2cccc([N+](=O)[O-])c2)CC1. The zero-order valence-electron chi connectivity index (χ0n) is 12.2. The maximum Gasteiger partial charge on any atom is 0.269 e. The van der Waals surface area contributed by atoms with Gasteiger partial charge in [0.15, 0.2) is 0 Å². The lowest BCUT2D eigenvalue weighted by Gasteiger charge is -2.26. The Morgan fingerprint density at radius 2 is 2.05 bits per heavy atom. The van der Waals surface area contributed by atoms with Crippen molar-refractivity contribution in [3.05, 3.63) is 39.9 Å². The molecule has 0 unspecified atom stereocenters. The van der Waals surface area contributed by atoms with E-state index in [1.54, 1.807) is 12.1 Å². The van der Waals surface area contributed by atoms with Gasteiger partial charge in [0.25, 0.3) is 5.69 Å². The van der Waals surface area contributed by atoms with Crippen molar-refractivity contribution in [3.63, 3.8) is 0 Å². The lowest BCUT2D eigenvalue weighted by atomic mass is 9.81. The molecular weight excluding hydrogens is 252 g/mol. The van der Waals surface area contributed by atoms with Gasteiger partial charge < -0.3 is 5.32 Å². The predicted molar refractivity (Wildman–Crippen MR) is 80.5 cm³/mol. The van der Waals surface area contributed by atoms with Gasteiger partial charge in [-0.05, 0) is 30.4 Å². The summed E-state index contributed by atoms with van der Waals surface area (Å²) in [7, 11) is 0. The van der Waals surface area contributed by atoms with E-state index in [-0.39, 0.29) is 10.6 Å². The highest BCUT2D eigenvalue weighted by Crippen LogP contribution is 2.29. The number of non-ortho nitro benzene ring substituents is 1. The van der Waals surface area contributed by atoms with Gasteiger partial charge in [0.05, 0.1) is 4.92 Å². The number of nitro groups is 1. The molecule has 0 atom stereocenters. The van der Waals surface area contributed by atoms with E-state index in [0.717, 1.165) is 23.9 Å². The molecule has 0 heterocycles. The molecule has 0 aromatic heterocycles. The lowest BCUT2D eigenvalue weighted by Crippen LogP contribution is -2.20. The largest absolute Gasteiger partial charge is 0.313 e. The van der Waals surface area contributed by atoms with E-state index in [4.69, 9.17) is 0 Å². The van der Waals surface area contributed by atoms with Crippen LogP contribution in [0, 0.1) is 22.0 Å². The molecule has 0 bridgehead atoms. The molecule has 1 aromatic rings. The first-order chi connectivity index (χ1) is 9.65. The quantitative estimate of drug-likeness (QED) is 0.487. The van der Waals surface area contributed by atoms with Crippen molar-refractivity contribution in [1.82, 2.24) is 5.32 Å². The molecule has 0 spiro atoms. The molecule has 1 fully saturated rings. The molecule has 110 valence electrons. The minimum Gasteiger partial charge on any atom is -0.313 e. The molecule has 0 saturated heterocycles. The highest BCUT2D eigenvalue weighted by molar-refractivity contribution is 5.34. The van der Waals surface area contributed by atoms with Gasteiger partial charge in [-0.3, -0.25) is 10.1 Å². The fourth-order valence-corrected chi connectivity index (χ4v) is 2.94. The van der Waals surface area contributed by atoms with Crippen LogP contribution in [0.15, 0.2) is 24.3 Å². The van der Waals surface area contributed by atoms with Gasteiger partial charge in [0.1, 0.15) is 0 Å². The Kier molecular flexibility index (Phi) is 5.53. The average molecular weight is 276 g/mol. The maximum atomic E-state index is 10.7. The van der Waals surface area contributed by atoms with Gasteiger partial charge in [-0.1, -0.05) is 44.7 Å². The highest BCUT2D eigenvalue weighted by atomic mass is 16.6. The van der Waals surface area contributed by atoms with Crippen LogP contribution in [0.25, 0.3) is 0 Å². The predicted octanol–water partition coefficient (Wildman–Crippen LogP) is 3.90. The zero-order chi connectivity index (χ0) is 14.4. The van der Waals surface area contributed by atoms with E-state index >= 15 is 0 Å². The van der Waals surface area contributed by atoms with Gasteiger partial charge in [0.2, 0.25) is 0 Å². The molecule has 1 aliphatic rings. The summed E-state index contributed by atoms with van der Waals surface area (Å²) < 4.78 is 0. The van der Waals surface area contributed by atoms with Crippen molar-refractivity contribution in [3.8, 4) is 0 Å². The number of nitro benzene ring substituents is 1. The summed E-state index contributed by atoms with van der Waals surface area (Å²) in [5, 5.41) is 14.1. The van der Waals surface area contributed by atoms with Crippen molar-refractivity contribution in [2.24, 2.45) is 11.8 Å². The lowest BCUT2D eigenvalue weighted by molar-refractivity contribution is -0.384. The van der Waals surface area contributed by atoms with E-state index in [2.05, 4.69) is 12.2 Å². The average Bonchev–Trinajstić information content (AvgIpc) is 2.46. The molecule has 0 radical (unpaired) electrons. The Morgan fingerprint density at radius 3 is 2.75 bits per heavy atom. The Morgan fingerprint density at radius 1 is 1.30 bits per heavy atom.